The first-order chi connectivity index (χ1) is 8.19. The second-order valence-electron chi connectivity index (χ2n) is 2.97. The maximum atomic E-state index is 11.8. The molecule has 0 radical (unpaired) electrons. The van der Waals surface area contributed by atoms with Crippen LogP contribution >= 0.6 is 0 Å². The molecule has 0 rings (SSSR count). The fourth-order valence-corrected chi connectivity index (χ4v) is 1.00. The van der Waals surface area contributed by atoms with Gasteiger partial charge in [-0.25, -0.2) is 0 Å². The van der Waals surface area contributed by atoms with Crippen LogP contribution in [0.1, 0.15) is 0 Å². The monoisotopic (exact) mass is 227 g/mol. The number of hydrogen-bond acceptors (Lipinski definition) is 1. The fourth-order valence-electron chi connectivity index (χ4n) is 1.00. The van der Waals surface area contributed by atoms with Crippen LogP contribution in [0.5, 0.6) is 0 Å². The van der Waals surface area contributed by atoms with E-state index in [-0.39, 0.29) is 5.91 Å². The third-order valence-electron chi connectivity index (χ3n) is 1.75. The lowest BCUT2D eigenvalue weighted by Crippen LogP contribution is -2.22. The molecule has 0 aromatic heterocycles. The van der Waals surface area contributed by atoms with Gasteiger partial charge in [-0.2, -0.15) is 0 Å². The van der Waals surface area contributed by atoms with Crippen molar-refractivity contribution in [3.05, 3.63) is 86.2 Å². The predicted molar refractivity (Wildman–Crippen MR) is 74.2 cm³/mol. The molecular formula is C15H17NO. The van der Waals surface area contributed by atoms with E-state index in [2.05, 4.69) is 31.6 Å². The SMILES string of the molecule is C=C/C=C\C(=C/C=C)NC(=O)/C(C=C)=C/C=C. The first-order valence-electron chi connectivity index (χ1n) is 5.08. The fraction of sp³-hybridized carbons (Fsp3) is 0. The molecule has 0 aromatic rings. The lowest BCUT2D eigenvalue weighted by Gasteiger charge is -2.05. The molecule has 0 fully saturated rings. The maximum absolute atomic E-state index is 11.8. The van der Waals surface area contributed by atoms with Gasteiger partial charge < -0.3 is 5.32 Å². The average molecular weight is 227 g/mol. The summed E-state index contributed by atoms with van der Waals surface area (Å²) in [6, 6.07) is 0. The molecule has 1 amide bonds. The molecule has 0 bridgehead atoms. The van der Waals surface area contributed by atoms with Crippen molar-refractivity contribution in [2.24, 2.45) is 0 Å². The number of amides is 1. The van der Waals surface area contributed by atoms with E-state index in [4.69, 9.17) is 0 Å². The van der Waals surface area contributed by atoms with Gasteiger partial charge in [-0.1, -0.05) is 62.8 Å². The molecule has 0 aliphatic heterocycles. The molecule has 88 valence electrons. The van der Waals surface area contributed by atoms with Gasteiger partial charge in [-0.3, -0.25) is 4.79 Å². The summed E-state index contributed by atoms with van der Waals surface area (Å²) in [6.07, 6.45) is 12.9. The zero-order valence-corrected chi connectivity index (χ0v) is 9.86. The van der Waals surface area contributed by atoms with Crippen LogP contribution in [0.4, 0.5) is 0 Å². The van der Waals surface area contributed by atoms with Crippen molar-refractivity contribution in [3.8, 4) is 0 Å². The van der Waals surface area contributed by atoms with E-state index < -0.39 is 0 Å². The normalized spacial score (nSPS) is 12.0. The summed E-state index contributed by atoms with van der Waals surface area (Å²) in [5.74, 6) is -0.248. The Morgan fingerprint density at radius 2 is 1.59 bits per heavy atom. The molecule has 0 saturated carbocycles. The summed E-state index contributed by atoms with van der Waals surface area (Å²) in [6.45, 7) is 14.2. The zero-order valence-electron chi connectivity index (χ0n) is 9.86. The molecule has 0 aliphatic carbocycles. The minimum Gasteiger partial charge on any atom is -0.322 e. The Morgan fingerprint density at radius 3 is 2.06 bits per heavy atom. The van der Waals surface area contributed by atoms with Crippen molar-refractivity contribution >= 4 is 5.91 Å². The van der Waals surface area contributed by atoms with Crippen LogP contribution in [0, 0.1) is 0 Å². The molecule has 0 atom stereocenters. The molecule has 1 N–H and O–H groups in total. The van der Waals surface area contributed by atoms with Crippen molar-refractivity contribution < 1.29 is 4.79 Å². The predicted octanol–water partition coefficient (Wildman–Crippen LogP) is 3.21. The lowest BCUT2D eigenvalue weighted by molar-refractivity contribution is -0.116. The molecule has 0 unspecified atom stereocenters. The number of hydrogen-bond donors (Lipinski definition) is 1. The van der Waals surface area contributed by atoms with Crippen molar-refractivity contribution in [1.82, 2.24) is 5.32 Å². The Bertz CT molecular complexity index is 409. The number of allylic oxidation sites excluding steroid dienone is 7. The Kier molecular flexibility index (Phi) is 7.69. The molecule has 0 aromatic carbocycles. The van der Waals surface area contributed by atoms with Gasteiger partial charge in [-0.05, 0) is 12.2 Å². The molecule has 0 aliphatic rings. The smallest absolute Gasteiger partial charge is 0.255 e. The summed E-state index contributed by atoms with van der Waals surface area (Å²) in [7, 11) is 0. The van der Waals surface area contributed by atoms with E-state index in [1.54, 1.807) is 36.5 Å². The lowest BCUT2D eigenvalue weighted by atomic mass is 10.2. The van der Waals surface area contributed by atoms with Gasteiger partial charge in [0.15, 0.2) is 0 Å². The quantitative estimate of drug-likeness (QED) is 0.525. The van der Waals surface area contributed by atoms with E-state index in [0.29, 0.717) is 11.3 Å². The summed E-state index contributed by atoms with van der Waals surface area (Å²) < 4.78 is 0. The van der Waals surface area contributed by atoms with E-state index >= 15 is 0 Å². The van der Waals surface area contributed by atoms with Crippen LogP contribution in [0.3, 0.4) is 0 Å². The van der Waals surface area contributed by atoms with Crippen molar-refractivity contribution in [2.75, 3.05) is 0 Å². The van der Waals surface area contributed by atoms with Crippen LogP contribution in [0.15, 0.2) is 86.2 Å². The van der Waals surface area contributed by atoms with Crippen LogP contribution in [-0.4, -0.2) is 5.91 Å². The van der Waals surface area contributed by atoms with Gasteiger partial charge in [0.05, 0.1) is 0 Å². The van der Waals surface area contributed by atoms with Crippen molar-refractivity contribution in [1.29, 1.82) is 0 Å². The minimum atomic E-state index is -0.248. The average Bonchev–Trinajstić information content (AvgIpc) is 2.33. The second-order valence-corrected chi connectivity index (χ2v) is 2.97. The third-order valence-corrected chi connectivity index (χ3v) is 1.75. The summed E-state index contributed by atoms with van der Waals surface area (Å²) in [5.41, 5.74) is 1.07. The molecule has 0 saturated heterocycles. The first kappa shape index (κ1) is 14.6. The number of carbonyl (C=O) groups is 1. The number of carbonyl (C=O) groups excluding carboxylic acids is 1. The molecule has 0 heterocycles. The summed E-state index contributed by atoms with van der Waals surface area (Å²) >= 11 is 0. The number of nitrogens with one attached hydrogen (secondary N) is 1. The molecule has 0 spiro atoms. The van der Waals surface area contributed by atoms with Crippen molar-refractivity contribution in [2.45, 2.75) is 0 Å². The topological polar surface area (TPSA) is 29.1 Å². The van der Waals surface area contributed by atoms with Gasteiger partial charge in [-0.15, -0.1) is 0 Å². The Hall–Kier alpha value is -2.35. The van der Waals surface area contributed by atoms with Gasteiger partial charge in [0.1, 0.15) is 0 Å². The van der Waals surface area contributed by atoms with Crippen LogP contribution in [0.25, 0.3) is 0 Å². The second kappa shape index (κ2) is 8.92. The number of rotatable bonds is 7. The van der Waals surface area contributed by atoms with Crippen LogP contribution < -0.4 is 5.32 Å². The summed E-state index contributed by atoms with van der Waals surface area (Å²) in [5, 5.41) is 2.72. The highest BCUT2D eigenvalue weighted by atomic mass is 16.1. The van der Waals surface area contributed by atoms with Gasteiger partial charge in [0.2, 0.25) is 0 Å². The summed E-state index contributed by atoms with van der Waals surface area (Å²) in [4.78, 5) is 11.8. The molecule has 17 heavy (non-hydrogen) atoms. The Balaban J connectivity index is 4.89. The molecule has 2 nitrogen and oxygen atoms in total. The maximum Gasteiger partial charge on any atom is 0.255 e. The van der Waals surface area contributed by atoms with Crippen LogP contribution in [0.2, 0.25) is 0 Å². The van der Waals surface area contributed by atoms with Gasteiger partial charge in [0.25, 0.3) is 5.91 Å². The third kappa shape index (κ3) is 5.95. The zero-order chi connectivity index (χ0) is 13.1. The van der Waals surface area contributed by atoms with E-state index in [1.165, 1.54) is 12.2 Å². The molecular weight excluding hydrogens is 210 g/mol. The molecule has 2 heteroatoms. The largest absolute Gasteiger partial charge is 0.322 e. The highest BCUT2D eigenvalue weighted by Gasteiger charge is 2.04. The van der Waals surface area contributed by atoms with E-state index in [1.807, 2.05) is 0 Å². The Morgan fingerprint density at radius 1 is 0.941 bits per heavy atom. The highest BCUT2D eigenvalue weighted by molar-refractivity contribution is 5.97. The first-order valence-corrected chi connectivity index (χ1v) is 5.08. The van der Waals surface area contributed by atoms with Gasteiger partial charge in [0, 0.05) is 11.3 Å². The van der Waals surface area contributed by atoms with Crippen molar-refractivity contribution in [3.63, 3.8) is 0 Å². The van der Waals surface area contributed by atoms with E-state index in [0.717, 1.165) is 0 Å². The van der Waals surface area contributed by atoms with Crippen LogP contribution in [-0.2, 0) is 4.79 Å². The Labute approximate surface area is 103 Å². The standard InChI is InChI=1S/C15H17NO/c1-5-9-12-14(11-7-3)16-15(17)13(8-4)10-6-2/h5-12H,1-4H2,(H,16,17)/b12-9-,13-10+,14-11+. The highest BCUT2D eigenvalue weighted by Crippen LogP contribution is 2.00. The van der Waals surface area contributed by atoms with E-state index in [9.17, 15) is 4.79 Å². The van der Waals surface area contributed by atoms with Gasteiger partial charge >= 0.3 is 0 Å². The minimum absolute atomic E-state index is 0.248.